The van der Waals surface area contributed by atoms with Crippen molar-refractivity contribution in [2.75, 3.05) is 19.8 Å². The summed E-state index contributed by atoms with van der Waals surface area (Å²) >= 11 is 3.58. The zero-order chi connectivity index (χ0) is 12.3. The van der Waals surface area contributed by atoms with Crippen LogP contribution in [0, 0.1) is 5.92 Å². The van der Waals surface area contributed by atoms with Gasteiger partial charge in [0, 0.05) is 24.6 Å². The number of hydrogen-bond donors (Lipinski definition) is 1. The Morgan fingerprint density at radius 2 is 1.88 bits per heavy atom. The fourth-order valence-electron chi connectivity index (χ4n) is 2.54. The predicted octanol–water partition coefficient (Wildman–Crippen LogP) is 1.65. The van der Waals surface area contributed by atoms with E-state index in [4.69, 9.17) is 4.74 Å². The molecular weight excluding hydrogens is 306 g/mol. The van der Waals surface area contributed by atoms with Gasteiger partial charge in [-0.2, -0.15) is 0 Å². The lowest BCUT2D eigenvalue weighted by molar-refractivity contribution is 0.0981. The molecule has 1 aliphatic carbocycles. The van der Waals surface area contributed by atoms with Crippen LogP contribution in [0.2, 0.25) is 0 Å². The van der Waals surface area contributed by atoms with Gasteiger partial charge >= 0.3 is 0 Å². The lowest BCUT2D eigenvalue weighted by Gasteiger charge is -2.23. The molecule has 17 heavy (non-hydrogen) atoms. The number of nitrogens with one attached hydrogen (secondary N) is 1. The molecule has 0 spiro atoms. The van der Waals surface area contributed by atoms with Crippen molar-refractivity contribution in [3.63, 3.8) is 0 Å². The largest absolute Gasteiger partial charge is 0.381 e. The molecule has 0 bridgehead atoms. The summed E-state index contributed by atoms with van der Waals surface area (Å²) in [6, 6.07) is 0. The molecule has 100 valence electrons. The first-order chi connectivity index (χ1) is 8.08. The van der Waals surface area contributed by atoms with Crippen molar-refractivity contribution in [1.29, 1.82) is 0 Å². The summed E-state index contributed by atoms with van der Waals surface area (Å²) in [4.78, 5) is 0.570. The number of hydrogen-bond acceptors (Lipinski definition) is 3. The molecule has 1 aliphatic heterocycles. The fraction of sp³-hybridized carbons (Fsp3) is 1.00. The van der Waals surface area contributed by atoms with Crippen LogP contribution < -0.4 is 4.72 Å². The summed E-state index contributed by atoms with van der Waals surface area (Å²) in [7, 11) is -3.13. The first-order valence-corrected chi connectivity index (χ1v) is 8.74. The molecule has 0 aromatic heterocycles. The van der Waals surface area contributed by atoms with Gasteiger partial charge in [-0.05, 0) is 38.0 Å². The van der Waals surface area contributed by atoms with Crippen molar-refractivity contribution in [2.24, 2.45) is 5.92 Å². The fourth-order valence-corrected chi connectivity index (χ4v) is 4.85. The van der Waals surface area contributed by atoms with Crippen molar-refractivity contribution in [2.45, 2.75) is 42.2 Å². The molecule has 0 aromatic carbocycles. The van der Waals surface area contributed by atoms with E-state index < -0.39 is 10.0 Å². The Morgan fingerprint density at radius 3 is 2.47 bits per heavy atom. The zero-order valence-corrected chi connectivity index (χ0v) is 12.3. The summed E-state index contributed by atoms with van der Waals surface area (Å²) in [6.45, 7) is 1.73. The van der Waals surface area contributed by atoms with Crippen LogP contribution in [0.5, 0.6) is 0 Å². The Hall–Kier alpha value is 0.350. The second kappa shape index (κ2) is 5.99. The van der Waals surface area contributed by atoms with E-state index in [1.165, 1.54) is 0 Å². The lowest BCUT2D eigenvalue weighted by atomic mass is 10.1. The molecule has 2 fully saturated rings. The summed E-state index contributed by atoms with van der Waals surface area (Å²) in [5.74, 6) is 0.494. The third-order valence-electron chi connectivity index (χ3n) is 3.66. The zero-order valence-electron chi connectivity index (χ0n) is 9.90. The molecule has 0 amide bonds. The third kappa shape index (κ3) is 3.91. The van der Waals surface area contributed by atoms with E-state index >= 15 is 0 Å². The van der Waals surface area contributed by atoms with E-state index in [0.717, 1.165) is 19.3 Å². The standard InChI is InChI=1S/C11H20BrNO3S/c12-10-2-1-9(7-10)8-13-17(14,15)11-3-5-16-6-4-11/h9-11,13H,1-8H2. The van der Waals surface area contributed by atoms with Crippen LogP contribution in [-0.4, -0.2) is 38.3 Å². The van der Waals surface area contributed by atoms with Crippen molar-refractivity contribution in [3.05, 3.63) is 0 Å². The van der Waals surface area contributed by atoms with Gasteiger partial charge < -0.3 is 4.74 Å². The number of alkyl halides is 1. The minimum Gasteiger partial charge on any atom is -0.381 e. The number of ether oxygens (including phenoxy) is 1. The van der Waals surface area contributed by atoms with E-state index in [1.54, 1.807) is 0 Å². The van der Waals surface area contributed by atoms with Gasteiger partial charge in [0.2, 0.25) is 10.0 Å². The average molecular weight is 326 g/mol. The van der Waals surface area contributed by atoms with Gasteiger partial charge in [-0.1, -0.05) is 15.9 Å². The molecule has 1 N–H and O–H groups in total. The molecule has 0 aromatic rings. The van der Waals surface area contributed by atoms with Crippen molar-refractivity contribution >= 4 is 26.0 Å². The second-order valence-corrected chi connectivity index (χ2v) is 8.32. The molecular formula is C11H20BrNO3S. The quantitative estimate of drug-likeness (QED) is 0.799. The highest BCUT2D eigenvalue weighted by Crippen LogP contribution is 2.30. The minimum atomic E-state index is -3.13. The predicted molar refractivity (Wildman–Crippen MR) is 70.8 cm³/mol. The molecule has 2 rings (SSSR count). The first-order valence-electron chi connectivity index (χ1n) is 6.28. The summed E-state index contributed by atoms with van der Waals surface area (Å²) < 4.78 is 32.1. The van der Waals surface area contributed by atoms with Crippen LogP contribution in [0.3, 0.4) is 0 Å². The molecule has 4 nitrogen and oxygen atoms in total. The molecule has 2 aliphatic rings. The highest BCUT2D eigenvalue weighted by molar-refractivity contribution is 9.09. The van der Waals surface area contributed by atoms with Crippen molar-refractivity contribution in [3.8, 4) is 0 Å². The van der Waals surface area contributed by atoms with Gasteiger partial charge in [0.15, 0.2) is 0 Å². The van der Waals surface area contributed by atoms with Crippen LogP contribution >= 0.6 is 15.9 Å². The molecule has 0 radical (unpaired) electrons. The highest BCUT2D eigenvalue weighted by Gasteiger charge is 2.29. The Morgan fingerprint density at radius 1 is 1.18 bits per heavy atom. The monoisotopic (exact) mass is 325 g/mol. The molecule has 1 saturated carbocycles. The van der Waals surface area contributed by atoms with Gasteiger partial charge in [0.05, 0.1) is 5.25 Å². The van der Waals surface area contributed by atoms with Gasteiger partial charge in [-0.3, -0.25) is 0 Å². The minimum absolute atomic E-state index is 0.252. The molecule has 1 saturated heterocycles. The Bertz CT molecular complexity index is 341. The van der Waals surface area contributed by atoms with E-state index in [2.05, 4.69) is 20.7 Å². The summed E-state index contributed by atoms with van der Waals surface area (Å²) in [5.41, 5.74) is 0. The number of sulfonamides is 1. The van der Waals surface area contributed by atoms with Crippen molar-refractivity contribution < 1.29 is 13.2 Å². The third-order valence-corrected chi connectivity index (χ3v) is 6.41. The van der Waals surface area contributed by atoms with Crippen LogP contribution in [0.25, 0.3) is 0 Å². The van der Waals surface area contributed by atoms with Crippen LogP contribution in [-0.2, 0) is 14.8 Å². The SMILES string of the molecule is O=S(=O)(NCC1CCC(Br)C1)C1CCOCC1. The molecule has 2 atom stereocenters. The topological polar surface area (TPSA) is 55.4 Å². The van der Waals surface area contributed by atoms with E-state index in [1.807, 2.05) is 0 Å². The van der Waals surface area contributed by atoms with E-state index in [0.29, 0.717) is 43.3 Å². The number of rotatable bonds is 4. The smallest absolute Gasteiger partial charge is 0.214 e. The normalized spacial score (nSPS) is 31.8. The maximum absolute atomic E-state index is 12.0. The van der Waals surface area contributed by atoms with Crippen LogP contribution in [0.4, 0.5) is 0 Å². The average Bonchev–Trinajstić information content (AvgIpc) is 2.74. The molecule has 1 heterocycles. The Labute approximate surface area is 112 Å². The lowest BCUT2D eigenvalue weighted by Crippen LogP contribution is -2.39. The Kier molecular flexibility index (Phi) is 4.86. The van der Waals surface area contributed by atoms with Crippen LogP contribution in [0.15, 0.2) is 0 Å². The highest BCUT2D eigenvalue weighted by atomic mass is 79.9. The second-order valence-electron chi connectivity index (χ2n) is 4.98. The molecule has 6 heteroatoms. The van der Waals surface area contributed by atoms with Gasteiger partial charge in [-0.25, -0.2) is 13.1 Å². The van der Waals surface area contributed by atoms with E-state index in [9.17, 15) is 8.42 Å². The maximum atomic E-state index is 12.0. The van der Waals surface area contributed by atoms with E-state index in [-0.39, 0.29) is 5.25 Å². The summed E-state index contributed by atoms with van der Waals surface area (Å²) in [6.07, 6.45) is 4.61. The van der Waals surface area contributed by atoms with Gasteiger partial charge in [-0.15, -0.1) is 0 Å². The Balaban J connectivity index is 1.80. The maximum Gasteiger partial charge on any atom is 0.214 e. The first kappa shape index (κ1) is 13.8. The van der Waals surface area contributed by atoms with Gasteiger partial charge in [0.25, 0.3) is 0 Å². The van der Waals surface area contributed by atoms with Crippen molar-refractivity contribution in [1.82, 2.24) is 4.72 Å². The van der Waals surface area contributed by atoms with Crippen LogP contribution in [0.1, 0.15) is 32.1 Å². The molecule has 2 unspecified atom stereocenters. The summed E-state index contributed by atoms with van der Waals surface area (Å²) in [5, 5.41) is -0.252. The van der Waals surface area contributed by atoms with Gasteiger partial charge in [0.1, 0.15) is 0 Å². The number of halogens is 1.